The van der Waals surface area contributed by atoms with E-state index in [-0.39, 0.29) is 5.91 Å². The molecule has 1 fully saturated rings. The minimum absolute atomic E-state index is 0.227. The zero-order valence-electron chi connectivity index (χ0n) is 14.3. The van der Waals surface area contributed by atoms with Crippen molar-refractivity contribution in [3.05, 3.63) is 63.6 Å². The van der Waals surface area contributed by atoms with Gasteiger partial charge in [0.15, 0.2) is 0 Å². The van der Waals surface area contributed by atoms with E-state index in [1.807, 2.05) is 17.0 Å². The molecule has 4 heteroatoms. The quantitative estimate of drug-likeness (QED) is 0.796. The van der Waals surface area contributed by atoms with E-state index in [1.165, 1.54) is 16.8 Å². The normalized spacial score (nSPS) is 14.8. The molecule has 0 radical (unpaired) electrons. The molecule has 0 aliphatic carbocycles. The Morgan fingerprint density at radius 1 is 1.04 bits per heavy atom. The van der Waals surface area contributed by atoms with Crippen molar-refractivity contribution in [1.29, 1.82) is 0 Å². The molecule has 3 nitrogen and oxygen atoms in total. The van der Waals surface area contributed by atoms with Gasteiger partial charge < -0.3 is 9.80 Å². The van der Waals surface area contributed by atoms with Crippen LogP contribution in [0.25, 0.3) is 0 Å². The Balaban J connectivity index is 1.58. The number of hydrogen-bond donors (Lipinski definition) is 0. The first kappa shape index (κ1) is 17.0. The lowest BCUT2D eigenvalue weighted by Crippen LogP contribution is -2.49. The van der Waals surface area contributed by atoms with Crippen LogP contribution in [-0.2, 0) is 11.2 Å². The van der Waals surface area contributed by atoms with Crippen LogP contribution in [0.3, 0.4) is 0 Å². The van der Waals surface area contributed by atoms with E-state index in [1.54, 1.807) is 0 Å². The van der Waals surface area contributed by atoms with Crippen molar-refractivity contribution in [2.24, 2.45) is 0 Å². The minimum atomic E-state index is 0.227. The fraction of sp³-hybridized carbons (Fsp3) is 0.350. The highest BCUT2D eigenvalue weighted by molar-refractivity contribution is 9.10. The van der Waals surface area contributed by atoms with Crippen molar-refractivity contribution in [2.45, 2.75) is 20.3 Å². The first-order valence-corrected chi connectivity index (χ1v) is 9.16. The molecule has 1 heterocycles. The summed E-state index contributed by atoms with van der Waals surface area (Å²) < 4.78 is 1.14. The molecule has 0 atom stereocenters. The average Bonchev–Trinajstić information content (AvgIpc) is 2.57. The molecule has 2 aromatic rings. The second-order valence-electron chi connectivity index (χ2n) is 6.47. The monoisotopic (exact) mass is 386 g/mol. The maximum atomic E-state index is 12.5. The molecule has 0 aromatic heterocycles. The van der Waals surface area contributed by atoms with Gasteiger partial charge in [0.25, 0.3) is 0 Å². The molecule has 1 amide bonds. The average molecular weight is 387 g/mol. The summed E-state index contributed by atoms with van der Waals surface area (Å²) in [5.74, 6) is 0.227. The largest absolute Gasteiger partial charge is 0.368 e. The van der Waals surface area contributed by atoms with Crippen LogP contribution in [0.5, 0.6) is 0 Å². The topological polar surface area (TPSA) is 23.6 Å². The number of piperazine rings is 1. The lowest BCUT2D eigenvalue weighted by molar-refractivity contribution is -0.130. The third-order valence-corrected chi connectivity index (χ3v) is 5.45. The molecule has 0 saturated carbocycles. The third-order valence-electron chi connectivity index (χ3n) is 4.59. The summed E-state index contributed by atoms with van der Waals surface area (Å²) in [4.78, 5) is 16.9. The van der Waals surface area contributed by atoms with Crippen LogP contribution in [-0.4, -0.2) is 37.0 Å². The Morgan fingerprint density at radius 3 is 2.46 bits per heavy atom. The van der Waals surface area contributed by atoms with Gasteiger partial charge in [0.1, 0.15) is 0 Å². The molecule has 0 spiro atoms. The Labute approximate surface area is 152 Å². The summed E-state index contributed by atoms with van der Waals surface area (Å²) >= 11 is 3.60. The molecule has 2 aromatic carbocycles. The standard InChI is InChI=1S/C20H23BrN2O/c1-15-4-3-5-17(12-15)13-20(24)23-10-8-22(9-11-23)18-7-6-16(2)19(21)14-18/h3-7,12,14H,8-11,13H2,1-2H3. The second kappa shape index (κ2) is 7.39. The number of halogens is 1. The zero-order valence-corrected chi connectivity index (χ0v) is 15.8. The van der Waals surface area contributed by atoms with E-state index in [2.05, 4.69) is 65.0 Å². The van der Waals surface area contributed by atoms with Crippen molar-refractivity contribution < 1.29 is 4.79 Å². The van der Waals surface area contributed by atoms with Crippen LogP contribution >= 0.6 is 15.9 Å². The fourth-order valence-corrected chi connectivity index (χ4v) is 3.47. The Kier molecular flexibility index (Phi) is 5.24. The zero-order chi connectivity index (χ0) is 17.1. The smallest absolute Gasteiger partial charge is 0.227 e. The van der Waals surface area contributed by atoms with Crippen molar-refractivity contribution in [3.8, 4) is 0 Å². The highest BCUT2D eigenvalue weighted by atomic mass is 79.9. The summed E-state index contributed by atoms with van der Waals surface area (Å²) in [7, 11) is 0. The number of aryl methyl sites for hydroxylation is 2. The molecule has 3 rings (SSSR count). The number of rotatable bonds is 3. The van der Waals surface area contributed by atoms with Crippen LogP contribution in [0.2, 0.25) is 0 Å². The first-order chi connectivity index (χ1) is 11.5. The molecule has 1 aliphatic rings. The number of carbonyl (C=O) groups is 1. The molecule has 126 valence electrons. The summed E-state index contributed by atoms with van der Waals surface area (Å²) in [5, 5.41) is 0. The van der Waals surface area contributed by atoms with Crippen LogP contribution in [0.1, 0.15) is 16.7 Å². The molecular formula is C20H23BrN2O. The number of hydrogen-bond acceptors (Lipinski definition) is 2. The van der Waals surface area contributed by atoms with Gasteiger partial charge in [0.2, 0.25) is 5.91 Å². The summed E-state index contributed by atoms with van der Waals surface area (Å²) in [5.41, 5.74) is 4.77. The molecule has 0 bridgehead atoms. The highest BCUT2D eigenvalue weighted by Gasteiger charge is 2.21. The van der Waals surface area contributed by atoms with Crippen molar-refractivity contribution >= 4 is 27.5 Å². The van der Waals surface area contributed by atoms with Gasteiger partial charge in [-0.3, -0.25) is 4.79 Å². The molecule has 0 N–H and O–H groups in total. The van der Waals surface area contributed by atoms with Gasteiger partial charge >= 0.3 is 0 Å². The van der Waals surface area contributed by atoms with Gasteiger partial charge in [0.05, 0.1) is 6.42 Å². The number of anilines is 1. The van der Waals surface area contributed by atoms with Crippen molar-refractivity contribution in [2.75, 3.05) is 31.1 Å². The van der Waals surface area contributed by atoms with Crippen molar-refractivity contribution in [3.63, 3.8) is 0 Å². The lowest BCUT2D eigenvalue weighted by Gasteiger charge is -2.36. The van der Waals surface area contributed by atoms with E-state index >= 15 is 0 Å². The fourth-order valence-electron chi connectivity index (χ4n) is 3.10. The van der Waals surface area contributed by atoms with Gasteiger partial charge in [0, 0.05) is 36.3 Å². The molecule has 24 heavy (non-hydrogen) atoms. The first-order valence-electron chi connectivity index (χ1n) is 8.37. The predicted molar refractivity (Wildman–Crippen MR) is 103 cm³/mol. The van der Waals surface area contributed by atoms with Crippen LogP contribution in [0.4, 0.5) is 5.69 Å². The van der Waals surface area contributed by atoms with Gasteiger partial charge in [-0.15, -0.1) is 0 Å². The summed E-state index contributed by atoms with van der Waals surface area (Å²) in [6.45, 7) is 7.50. The maximum absolute atomic E-state index is 12.5. The van der Waals surface area contributed by atoms with E-state index in [0.717, 1.165) is 36.2 Å². The SMILES string of the molecule is Cc1cccc(CC(=O)N2CCN(c3ccc(C)c(Br)c3)CC2)c1. The van der Waals surface area contributed by atoms with E-state index in [4.69, 9.17) is 0 Å². The van der Waals surface area contributed by atoms with E-state index < -0.39 is 0 Å². The number of nitrogens with zero attached hydrogens (tertiary/aromatic N) is 2. The molecule has 0 unspecified atom stereocenters. The predicted octanol–water partition coefficient (Wildman–Crippen LogP) is 3.96. The van der Waals surface area contributed by atoms with Gasteiger partial charge in [-0.2, -0.15) is 0 Å². The summed E-state index contributed by atoms with van der Waals surface area (Å²) in [6, 6.07) is 14.7. The van der Waals surface area contributed by atoms with Gasteiger partial charge in [-0.1, -0.05) is 51.8 Å². The number of benzene rings is 2. The van der Waals surface area contributed by atoms with Gasteiger partial charge in [-0.05, 0) is 37.1 Å². The minimum Gasteiger partial charge on any atom is -0.368 e. The number of amides is 1. The number of carbonyl (C=O) groups excluding carboxylic acids is 1. The Hall–Kier alpha value is -1.81. The van der Waals surface area contributed by atoms with Crippen molar-refractivity contribution in [1.82, 2.24) is 4.90 Å². The molecule has 1 aliphatic heterocycles. The second-order valence-corrected chi connectivity index (χ2v) is 7.32. The van der Waals surface area contributed by atoms with Crippen LogP contribution in [0, 0.1) is 13.8 Å². The highest BCUT2D eigenvalue weighted by Crippen LogP contribution is 2.24. The molecular weight excluding hydrogens is 364 g/mol. The van der Waals surface area contributed by atoms with E-state index in [0.29, 0.717) is 6.42 Å². The third kappa shape index (κ3) is 3.99. The Morgan fingerprint density at radius 2 is 1.79 bits per heavy atom. The van der Waals surface area contributed by atoms with Crippen LogP contribution < -0.4 is 4.90 Å². The Bertz CT molecular complexity index is 736. The maximum Gasteiger partial charge on any atom is 0.227 e. The van der Waals surface area contributed by atoms with E-state index in [9.17, 15) is 4.79 Å². The summed E-state index contributed by atoms with van der Waals surface area (Å²) in [6.07, 6.45) is 0.498. The lowest BCUT2D eigenvalue weighted by atomic mass is 10.1. The van der Waals surface area contributed by atoms with Crippen LogP contribution in [0.15, 0.2) is 46.9 Å². The van der Waals surface area contributed by atoms with Gasteiger partial charge in [-0.25, -0.2) is 0 Å². The molecule has 1 saturated heterocycles.